The van der Waals surface area contributed by atoms with Crippen LogP contribution in [0.3, 0.4) is 0 Å². The molecular formula is C11H17N3Si. The summed E-state index contributed by atoms with van der Waals surface area (Å²) in [7, 11) is -1.34. The Morgan fingerprint density at radius 1 is 1.40 bits per heavy atom. The Balaban J connectivity index is 3.00. The van der Waals surface area contributed by atoms with Crippen molar-refractivity contribution in [2.75, 3.05) is 11.1 Å². The minimum Gasteiger partial charge on any atom is -0.397 e. The molecule has 0 saturated heterocycles. The summed E-state index contributed by atoms with van der Waals surface area (Å²) >= 11 is 0. The molecule has 0 unspecified atom stereocenters. The van der Waals surface area contributed by atoms with Crippen LogP contribution < -0.4 is 4.57 Å². The van der Waals surface area contributed by atoms with Gasteiger partial charge < -0.3 is 4.57 Å². The predicted octanol–water partition coefficient (Wildman–Crippen LogP) is 2.61. The molecule has 0 radical (unpaired) electrons. The first-order chi connectivity index (χ1) is 6.99. The van der Waals surface area contributed by atoms with E-state index in [1.165, 1.54) is 0 Å². The Hall–Kier alpha value is -1.34. The normalized spacial score (nSPS) is 10.9. The van der Waals surface area contributed by atoms with Crippen LogP contribution in [0.25, 0.3) is 0 Å². The van der Waals surface area contributed by atoms with Crippen LogP contribution >= 0.6 is 0 Å². The van der Waals surface area contributed by atoms with E-state index in [4.69, 9.17) is 5.26 Å². The molecule has 0 aliphatic carbocycles. The molecule has 0 atom stereocenters. The van der Waals surface area contributed by atoms with Crippen LogP contribution in [0, 0.1) is 11.3 Å². The second-order valence-electron chi connectivity index (χ2n) is 4.43. The van der Waals surface area contributed by atoms with E-state index in [2.05, 4.69) is 36.1 Å². The number of anilines is 1. The van der Waals surface area contributed by atoms with Crippen LogP contribution in [0.1, 0.15) is 12.6 Å². The van der Waals surface area contributed by atoms with E-state index in [0.717, 1.165) is 12.2 Å². The number of pyridine rings is 1. The Morgan fingerprint density at radius 2 is 2.07 bits per heavy atom. The third-order valence-corrected chi connectivity index (χ3v) is 4.49. The lowest BCUT2D eigenvalue weighted by molar-refractivity contribution is 1.04. The van der Waals surface area contributed by atoms with Crippen molar-refractivity contribution >= 4 is 13.9 Å². The van der Waals surface area contributed by atoms with Gasteiger partial charge in [-0.3, -0.25) is 0 Å². The lowest BCUT2D eigenvalue weighted by Crippen LogP contribution is -2.46. The predicted molar refractivity (Wildman–Crippen MR) is 65.3 cm³/mol. The summed E-state index contributed by atoms with van der Waals surface area (Å²) in [5, 5.41) is 8.67. The quantitative estimate of drug-likeness (QED) is 0.734. The van der Waals surface area contributed by atoms with E-state index >= 15 is 0 Å². The molecule has 0 aromatic carbocycles. The molecule has 0 amide bonds. The van der Waals surface area contributed by atoms with Crippen LogP contribution in [-0.4, -0.2) is 19.8 Å². The van der Waals surface area contributed by atoms with Crippen molar-refractivity contribution < 1.29 is 0 Å². The Kier molecular flexibility index (Phi) is 3.48. The Bertz CT molecular complexity index is 359. The van der Waals surface area contributed by atoms with Gasteiger partial charge in [-0.1, -0.05) is 19.6 Å². The van der Waals surface area contributed by atoms with Crippen LogP contribution in [0.4, 0.5) is 5.69 Å². The summed E-state index contributed by atoms with van der Waals surface area (Å²) < 4.78 is 2.39. The topological polar surface area (TPSA) is 39.9 Å². The number of rotatable bonds is 3. The smallest absolute Gasteiger partial charge is 0.147 e. The second kappa shape index (κ2) is 4.45. The maximum absolute atomic E-state index is 8.67. The van der Waals surface area contributed by atoms with Gasteiger partial charge in [0.15, 0.2) is 0 Å². The lowest BCUT2D eigenvalue weighted by atomic mass is 10.3. The first kappa shape index (κ1) is 11.7. The molecule has 1 aromatic heterocycles. The highest BCUT2D eigenvalue weighted by molar-refractivity contribution is 6.79. The van der Waals surface area contributed by atoms with E-state index < -0.39 is 8.24 Å². The highest BCUT2D eigenvalue weighted by Crippen LogP contribution is 2.20. The van der Waals surface area contributed by atoms with Gasteiger partial charge >= 0.3 is 0 Å². The molecule has 0 bridgehead atoms. The monoisotopic (exact) mass is 219 g/mol. The fraction of sp³-hybridized carbons (Fsp3) is 0.455. The fourth-order valence-electron chi connectivity index (χ4n) is 1.66. The van der Waals surface area contributed by atoms with Gasteiger partial charge in [0.25, 0.3) is 0 Å². The largest absolute Gasteiger partial charge is 0.397 e. The van der Waals surface area contributed by atoms with E-state index in [1.807, 2.05) is 12.1 Å². The van der Waals surface area contributed by atoms with Crippen molar-refractivity contribution in [3.8, 4) is 6.07 Å². The van der Waals surface area contributed by atoms with Gasteiger partial charge in [0.2, 0.25) is 0 Å². The molecule has 3 nitrogen and oxygen atoms in total. The van der Waals surface area contributed by atoms with Crippen LogP contribution in [0.2, 0.25) is 19.6 Å². The number of nitrogens with zero attached hydrogens (tertiary/aromatic N) is 3. The van der Waals surface area contributed by atoms with Crippen molar-refractivity contribution in [3.63, 3.8) is 0 Å². The molecular weight excluding hydrogens is 202 g/mol. The van der Waals surface area contributed by atoms with Crippen LogP contribution in [0.15, 0.2) is 18.3 Å². The number of hydrogen-bond acceptors (Lipinski definition) is 3. The summed E-state index contributed by atoms with van der Waals surface area (Å²) in [6.07, 6.45) is 1.79. The SMILES string of the molecule is CCN(c1ccc(C#N)nc1)[Si](C)(C)C. The molecule has 1 heterocycles. The summed E-state index contributed by atoms with van der Waals surface area (Å²) in [5.74, 6) is 0. The molecule has 0 N–H and O–H groups in total. The van der Waals surface area contributed by atoms with Crippen molar-refractivity contribution in [2.45, 2.75) is 26.6 Å². The van der Waals surface area contributed by atoms with Crippen LogP contribution in [-0.2, 0) is 0 Å². The average molecular weight is 219 g/mol. The third kappa shape index (κ3) is 2.80. The van der Waals surface area contributed by atoms with E-state index in [9.17, 15) is 0 Å². The standard InChI is InChI=1S/C11H17N3Si/c1-5-14(15(2,3)4)11-7-6-10(8-12)13-9-11/h6-7,9H,5H2,1-4H3. The Labute approximate surface area is 92.5 Å². The average Bonchev–Trinajstić information content (AvgIpc) is 2.18. The number of hydrogen-bond donors (Lipinski definition) is 0. The molecule has 80 valence electrons. The van der Waals surface area contributed by atoms with E-state index in [1.54, 1.807) is 12.3 Å². The van der Waals surface area contributed by atoms with Crippen molar-refractivity contribution in [3.05, 3.63) is 24.0 Å². The second-order valence-corrected chi connectivity index (χ2v) is 9.31. The third-order valence-electron chi connectivity index (χ3n) is 2.30. The molecule has 0 aliphatic heterocycles. The molecule has 0 aliphatic rings. The first-order valence-corrected chi connectivity index (χ1v) is 8.57. The van der Waals surface area contributed by atoms with Gasteiger partial charge in [0, 0.05) is 12.2 Å². The minimum atomic E-state index is -1.34. The fourth-order valence-corrected chi connectivity index (χ4v) is 3.51. The zero-order valence-electron chi connectivity index (χ0n) is 9.78. The maximum Gasteiger partial charge on any atom is 0.147 e. The highest BCUT2D eigenvalue weighted by atomic mass is 28.3. The summed E-state index contributed by atoms with van der Waals surface area (Å²) in [6.45, 7) is 10.0. The van der Waals surface area contributed by atoms with E-state index in [-0.39, 0.29) is 0 Å². The van der Waals surface area contributed by atoms with Gasteiger partial charge in [-0.25, -0.2) is 4.98 Å². The van der Waals surface area contributed by atoms with Gasteiger partial charge in [-0.15, -0.1) is 0 Å². The van der Waals surface area contributed by atoms with Gasteiger partial charge in [-0.05, 0) is 19.1 Å². The van der Waals surface area contributed by atoms with Gasteiger partial charge in [-0.2, -0.15) is 5.26 Å². The molecule has 0 fully saturated rings. The lowest BCUT2D eigenvalue weighted by Gasteiger charge is -2.35. The van der Waals surface area contributed by atoms with Crippen molar-refractivity contribution in [1.29, 1.82) is 5.26 Å². The number of nitriles is 1. The number of aromatic nitrogens is 1. The minimum absolute atomic E-state index is 0.477. The molecule has 0 spiro atoms. The van der Waals surface area contributed by atoms with Crippen molar-refractivity contribution in [1.82, 2.24) is 4.98 Å². The maximum atomic E-state index is 8.67. The molecule has 1 aromatic rings. The first-order valence-electron chi connectivity index (χ1n) is 5.13. The van der Waals surface area contributed by atoms with E-state index in [0.29, 0.717) is 5.69 Å². The summed E-state index contributed by atoms with van der Waals surface area (Å²) in [4.78, 5) is 4.10. The van der Waals surface area contributed by atoms with Gasteiger partial charge in [0.05, 0.1) is 6.20 Å². The highest BCUT2D eigenvalue weighted by Gasteiger charge is 2.22. The summed E-state index contributed by atoms with van der Waals surface area (Å²) in [6, 6.07) is 5.79. The molecule has 0 saturated carbocycles. The van der Waals surface area contributed by atoms with Gasteiger partial charge in [0.1, 0.15) is 20.0 Å². The zero-order chi connectivity index (χ0) is 11.5. The molecule has 15 heavy (non-hydrogen) atoms. The Morgan fingerprint density at radius 3 is 2.40 bits per heavy atom. The van der Waals surface area contributed by atoms with Crippen LogP contribution in [0.5, 0.6) is 0 Å². The molecule has 4 heteroatoms. The van der Waals surface area contributed by atoms with Crippen molar-refractivity contribution in [2.24, 2.45) is 0 Å². The molecule has 1 rings (SSSR count). The summed E-state index contributed by atoms with van der Waals surface area (Å²) in [5.41, 5.74) is 1.60. The zero-order valence-corrected chi connectivity index (χ0v) is 10.8.